The van der Waals surface area contributed by atoms with Crippen molar-refractivity contribution < 1.29 is 9.59 Å². The maximum Gasteiger partial charge on any atom is 0.325 e. The van der Waals surface area contributed by atoms with E-state index in [0.29, 0.717) is 6.54 Å². The summed E-state index contributed by atoms with van der Waals surface area (Å²) in [6, 6.07) is -0.336. The number of nitrogens with one attached hydrogen (secondary N) is 1. The van der Waals surface area contributed by atoms with Crippen LogP contribution in [0, 0.1) is 5.92 Å². The van der Waals surface area contributed by atoms with E-state index in [9.17, 15) is 9.59 Å². The molecule has 1 aliphatic heterocycles. The molecule has 1 heterocycles. The zero-order valence-corrected chi connectivity index (χ0v) is 8.83. The quantitative estimate of drug-likeness (QED) is 0.624. The Morgan fingerprint density at radius 2 is 2.07 bits per heavy atom. The van der Waals surface area contributed by atoms with Gasteiger partial charge in [-0.15, -0.1) is 0 Å². The molecule has 1 atom stereocenters. The molecule has 0 radical (unpaired) electrons. The molecule has 14 heavy (non-hydrogen) atoms. The van der Waals surface area contributed by atoms with Gasteiger partial charge < -0.3 is 11.1 Å². The van der Waals surface area contributed by atoms with Crippen molar-refractivity contribution in [3.63, 3.8) is 0 Å². The van der Waals surface area contributed by atoms with Crippen LogP contribution in [-0.4, -0.2) is 35.5 Å². The number of urea groups is 1. The molecule has 0 bridgehead atoms. The Morgan fingerprint density at radius 1 is 1.50 bits per heavy atom. The van der Waals surface area contributed by atoms with Crippen LogP contribution in [0.4, 0.5) is 4.79 Å². The third-order valence-electron chi connectivity index (χ3n) is 2.81. The molecule has 1 aliphatic rings. The van der Waals surface area contributed by atoms with Gasteiger partial charge in [0.25, 0.3) is 5.91 Å². The van der Waals surface area contributed by atoms with E-state index in [1.54, 1.807) is 6.92 Å². The molecule has 0 aromatic carbocycles. The molecule has 0 aromatic rings. The van der Waals surface area contributed by atoms with Gasteiger partial charge in [0.1, 0.15) is 5.54 Å². The molecular weight excluding hydrogens is 182 g/mol. The minimum absolute atomic E-state index is 0.0710. The monoisotopic (exact) mass is 199 g/mol. The molecule has 5 nitrogen and oxygen atoms in total. The highest BCUT2D eigenvalue weighted by Gasteiger charge is 2.49. The van der Waals surface area contributed by atoms with Gasteiger partial charge in [0, 0.05) is 13.1 Å². The number of amides is 3. The number of rotatable bonds is 3. The lowest BCUT2D eigenvalue weighted by atomic mass is 9.88. The third kappa shape index (κ3) is 1.48. The fourth-order valence-corrected chi connectivity index (χ4v) is 1.44. The first-order valence-corrected chi connectivity index (χ1v) is 4.77. The summed E-state index contributed by atoms with van der Waals surface area (Å²) in [5.74, 6) is -0.107. The molecule has 0 spiro atoms. The van der Waals surface area contributed by atoms with E-state index in [2.05, 4.69) is 5.32 Å². The Labute approximate surface area is 83.6 Å². The normalized spacial score (nSPS) is 27.4. The van der Waals surface area contributed by atoms with Gasteiger partial charge >= 0.3 is 6.03 Å². The summed E-state index contributed by atoms with van der Waals surface area (Å²) in [6.07, 6.45) is 0. The zero-order chi connectivity index (χ0) is 10.9. The van der Waals surface area contributed by atoms with Crippen molar-refractivity contribution in [2.24, 2.45) is 11.7 Å². The number of hydrogen-bond donors (Lipinski definition) is 2. The molecule has 1 rings (SSSR count). The second-order valence-electron chi connectivity index (χ2n) is 4.03. The predicted octanol–water partition coefficient (Wildman–Crippen LogP) is -0.0884. The second-order valence-corrected chi connectivity index (χ2v) is 4.03. The smallest absolute Gasteiger partial charge is 0.325 e. The SMILES string of the molecule is CC(C)C1(C)NC(=O)N(CCN)C1=O. The van der Waals surface area contributed by atoms with Gasteiger partial charge in [-0.3, -0.25) is 9.69 Å². The molecule has 3 amide bonds. The fourth-order valence-electron chi connectivity index (χ4n) is 1.44. The summed E-state index contributed by atoms with van der Waals surface area (Å²) >= 11 is 0. The van der Waals surface area contributed by atoms with Gasteiger partial charge in [0.2, 0.25) is 0 Å². The summed E-state index contributed by atoms with van der Waals surface area (Å²) in [7, 11) is 0. The molecular formula is C9H17N3O2. The van der Waals surface area contributed by atoms with Crippen molar-refractivity contribution in [3.8, 4) is 0 Å². The molecule has 1 saturated heterocycles. The van der Waals surface area contributed by atoms with Gasteiger partial charge in [-0.1, -0.05) is 13.8 Å². The van der Waals surface area contributed by atoms with Crippen LogP contribution in [0.5, 0.6) is 0 Å². The first-order chi connectivity index (χ1) is 6.43. The minimum Gasteiger partial charge on any atom is -0.329 e. The number of carbonyl (C=O) groups is 2. The van der Waals surface area contributed by atoms with Crippen LogP contribution in [0.2, 0.25) is 0 Å². The highest BCUT2D eigenvalue weighted by atomic mass is 16.2. The Morgan fingerprint density at radius 3 is 2.43 bits per heavy atom. The van der Waals surface area contributed by atoms with E-state index in [-0.39, 0.29) is 24.4 Å². The number of nitrogens with two attached hydrogens (primary N) is 1. The molecule has 0 aliphatic carbocycles. The molecule has 80 valence electrons. The average molecular weight is 199 g/mol. The van der Waals surface area contributed by atoms with E-state index in [1.165, 1.54) is 4.90 Å². The van der Waals surface area contributed by atoms with Crippen molar-refractivity contribution in [3.05, 3.63) is 0 Å². The highest BCUT2D eigenvalue weighted by molar-refractivity contribution is 6.06. The minimum atomic E-state index is -0.772. The van der Waals surface area contributed by atoms with Crippen molar-refractivity contribution in [2.45, 2.75) is 26.3 Å². The van der Waals surface area contributed by atoms with Crippen molar-refractivity contribution in [1.82, 2.24) is 10.2 Å². The maximum absolute atomic E-state index is 11.9. The van der Waals surface area contributed by atoms with E-state index < -0.39 is 5.54 Å². The lowest BCUT2D eigenvalue weighted by Crippen LogP contribution is -2.48. The first-order valence-electron chi connectivity index (χ1n) is 4.77. The summed E-state index contributed by atoms with van der Waals surface area (Å²) in [4.78, 5) is 24.5. The van der Waals surface area contributed by atoms with E-state index in [1.807, 2.05) is 13.8 Å². The standard InChI is InChI=1S/C9H17N3O2/c1-6(2)9(3)7(13)12(5-4-10)8(14)11-9/h6H,4-5,10H2,1-3H3,(H,11,14). The Bertz CT molecular complexity index is 265. The fraction of sp³-hybridized carbons (Fsp3) is 0.778. The Kier molecular flexibility index (Phi) is 2.80. The van der Waals surface area contributed by atoms with Crippen LogP contribution >= 0.6 is 0 Å². The van der Waals surface area contributed by atoms with Gasteiger partial charge in [-0.05, 0) is 12.8 Å². The number of nitrogens with zero attached hydrogens (tertiary/aromatic N) is 1. The van der Waals surface area contributed by atoms with Gasteiger partial charge in [0.15, 0.2) is 0 Å². The van der Waals surface area contributed by atoms with E-state index in [0.717, 1.165) is 0 Å². The Balaban J connectivity index is 2.89. The second kappa shape index (κ2) is 3.57. The summed E-state index contributed by atoms with van der Waals surface area (Å²) < 4.78 is 0. The molecule has 3 N–H and O–H groups in total. The van der Waals surface area contributed by atoms with Gasteiger partial charge in [0.05, 0.1) is 0 Å². The average Bonchev–Trinajstić information content (AvgIpc) is 2.31. The zero-order valence-electron chi connectivity index (χ0n) is 8.83. The molecule has 1 fully saturated rings. The van der Waals surface area contributed by atoms with Crippen LogP contribution < -0.4 is 11.1 Å². The van der Waals surface area contributed by atoms with Crippen LogP contribution in [0.3, 0.4) is 0 Å². The molecule has 0 saturated carbocycles. The predicted molar refractivity (Wildman–Crippen MR) is 52.5 cm³/mol. The van der Waals surface area contributed by atoms with Crippen molar-refractivity contribution >= 4 is 11.9 Å². The summed E-state index contributed by atoms with van der Waals surface area (Å²) in [5.41, 5.74) is 4.55. The summed E-state index contributed by atoms with van der Waals surface area (Å²) in [6.45, 7) is 6.14. The summed E-state index contributed by atoms with van der Waals surface area (Å²) in [5, 5.41) is 2.70. The molecule has 0 aromatic heterocycles. The molecule has 5 heteroatoms. The lowest BCUT2D eigenvalue weighted by molar-refractivity contribution is -0.132. The van der Waals surface area contributed by atoms with Gasteiger partial charge in [-0.2, -0.15) is 0 Å². The van der Waals surface area contributed by atoms with Crippen LogP contribution in [0.1, 0.15) is 20.8 Å². The van der Waals surface area contributed by atoms with Gasteiger partial charge in [-0.25, -0.2) is 4.79 Å². The van der Waals surface area contributed by atoms with E-state index >= 15 is 0 Å². The van der Waals surface area contributed by atoms with Crippen molar-refractivity contribution in [1.29, 1.82) is 0 Å². The van der Waals surface area contributed by atoms with Crippen LogP contribution in [-0.2, 0) is 4.79 Å². The number of hydrogen-bond acceptors (Lipinski definition) is 3. The number of carbonyl (C=O) groups excluding carboxylic acids is 2. The number of imide groups is 1. The molecule has 1 unspecified atom stereocenters. The van der Waals surface area contributed by atoms with Crippen molar-refractivity contribution in [2.75, 3.05) is 13.1 Å². The maximum atomic E-state index is 11.9. The Hall–Kier alpha value is -1.10. The largest absolute Gasteiger partial charge is 0.329 e. The van der Waals surface area contributed by atoms with Crippen LogP contribution in [0.15, 0.2) is 0 Å². The first kappa shape index (κ1) is 11.0. The topological polar surface area (TPSA) is 75.4 Å². The van der Waals surface area contributed by atoms with Crippen LogP contribution in [0.25, 0.3) is 0 Å². The highest BCUT2D eigenvalue weighted by Crippen LogP contribution is 2.24. The lowest BCUT2D eigenvalue weighted by Gasteiger charge is -2.25. The third-order valence-corrected chi connectivity index (χ3v) is 2.81. The van der Waals surface area contributed by atoms with E-state index in [4.69, 9.17) is 5.73 Å².